The average Bonchev–Trinajstić information content (AvgIpc) is 3.39. The standard InChI is InChI=1S/C16H19N5O2S.C13H15N5/c22-24(23,11-3-4-11)21-7-1-2-10(9-21)15-14-12-5-6-17-16(12)18-8-13(14)19-20-15;1-2-8(6-14-4-1)12-11-9-3-5-15-13(9)16-7-10(11)17-18-12/h5-6,8,10-11,19-20H,1-4,7,9H2;3,5,7-8,14,17-18H,1-2,4,6H2. The highest BCUT2D eigenvalue weighted by atomic mass is 32.2. The van der Waals surface area contributed by atoms with Crippen LogP contribution < -0.4 is 5.32 Å². The molecule has 13 heteroatoms. The summed E-state index contributed by atoms with van der Waals surface area (Å²) in [4.78, 5) is 17.2. The van der Waals surface area contributed by atoms with Crippen molar-refractivity contribution in [2.75, 3.05) is 26.2 Å². The number of rotatable bonds is 4. The number of aromatic amines is 4. The molecule has 6 aromatic heterocycles. The summed E-state index contributed by atoms with van der Waals surface area (Å²) in [5, 5.41) is 20.8. The first kappa shape index (κ1) is 25.9. The van der Waals surface area contributed by atoms with Crippen LogP contribution in [0.1, 0.15) is 61.7 Å². The van der Waals surface area contributed by atoms with Crippen LogP contribution in [0.25, 0.3) is 43.9 Å². The number of nitrogens with one attached hydrogen (secondary N) is 5. The Hall–Kier alpha value is -3.81. The summed E-state index contributed by atoms with van der Waals surface area (Å²) in [5.74, 6) is 0.717. The molecule has 5 N–H and O–H groups in total. The summed E-state index contributed by atoms with van der Waals surface area (Å²) in [6.07, 6.45) is 13.2. The van der Waals surface area contributed by atoms with Crippen molar-refractivity contribution in [3.63, 3.8) is 0 Å². The second kappa shape index (κ2) is 10.2. The minimum Gasteiger partial charge on any atom is -0.316 e. The summed E-state index contributed by atoms with van der Waals surface area (Å²) in [6.45, 7) is 3.38. The maximum Gasteiger partial charge on any atom is 0.217 e. The van der Waals surface area contributed by atoms with Crippen molar-refractivity contribution in [3.8, 4) is 0 Å². The zero-order chi connectivity index (χ0) is 28.3. The van der Waals surface area contributed by atoms with Crippen LogP contribution in [0.4, 0.5) is 0 Å². The number of nitrogens with zero attached hydrogens (tertiary/aromatic N) is 5. The van der Waals surface area contributed by atoms with Gasteiger partial charge in [0, 0.05) is 76.8 Å². The van der Waals surface area contributed by atoms with Crippen molar-refractivity contribution < 1.29 is 8.42 Å². The smallest absolute Gasteiger partial charge is 0.217 e. The lowest BCUT2D eigenvalue weighted by molar-refractivity contribution is 0.313. The van der Waals surface area contributed by atoms with Gasteiger partial charge in [-0.2, -0.15) is 0 Å². The molecule has 3 fully saturated rings. The highest BCUT2D eigenvalue weighted by Crippen LogP contribution is 2.38. The van der Waals surface area contributed by atoms with Crippen LogP contribution in [0.5, 0.6) is 0 Å². The SMILES string of the molecule is O=S(=O)(C1CC1)N1CCCC(c2[nH][nH]c3cnc4nccc4c23)C1.c1cc2c(n1)ncc1[nH][nH]c(C3CCCNC3)c12. The van der Waals surface area contributed by atoms with Gasteiger partial charge in [-0.3, -0.25) is 10.2 Å². The number of H-pyrrole nitrogens is 4. The summed E-state index contributed by atoms with van der Waals surface area (Å²) in [5.41, 5.74) is 5.93. The van der Waals surface area contributed by atoms with Gasteiger partial charge >= 0.3 is 0 Å². The summed E-state index contributed by atoms with van der Waals surface area (Å²) in [6, 6.07) is 4.02. The fraction of sp³-hybridized carbons (Fsp3) is 0.448. The molecule has 6 aromatic rings. The highest BCUT2D eigenvalue weighted by molar-refractivity contribution is 7.90. The first-order chi connectivity index (χ1) is 20.6. The molecule has 9 rings (SSSR count). The third-order valence-corrected chi connectivity index (χ3v) is 11.4. The first-order valence-corrected chi connectivity index (χ1v) is 16.4. The Labute approximate surface area is 242 Å². The van der Waals surface area contributed by atoms with Crippen LogP contribution in [0.3, 0.4) is 0 Å². The van der Waals surface area contributed by atoms with Gasteiger partial charge < -0.3 is 15.5 Å². The monoisotopic (exact) mass is 586 g/mol. The first-order valence-electron chi connectivity index (χ1n) is 14.9. The molecule has 218 valence electrons. The van der Waals surface area contributed by atoms with E-state index in [1.54, 1.807) is 16.7 Å². The predicted octanol–water partition coefficient (Wildman–Crippen LogP) is 4.02. The fourth-order valence-corrected chi connectivity index (χ4v) is 8.71. The Morgan fingerprint density at radius 2 is 1.36 bits per heavy atom. The number of fused-ring (bicyclic) bond motifs is 6. The van der Waals surface area contributed by atoms with Gasteiger partial charge in [0.1, 0.15) is 0 Å². The second-order valence-corrected chi connectivity index (χ2v) is 14.0. The molecule has 1 saturated carbocycles. The maximum atomic E-state index is 12.6. The lowest BCUT2D eigenvalue weighted by Crippen LogP contribution is -2.40. The van der Waals surface area contributed by atoms with Gasteiger partial charge in [0.2, 0.25) is 10.0 Å². The lowest BCUT2D eigenvalue weighted by atomic mass is 9.93. The topological polar surface area (TPSA) is 164 Å². The Bertz CT molecular complexity index is 1990. The van der Waals surface area contributed by atoms with Crippen LogP contribution in [0, 0.1) is 0 Å². The third-order valence-electron chi connectivity index (χ3n) is 9.07. The van der Waals surface area contributed by atoms with Gasteiger partial charge in [-0.25, -0.2) is 32.7 Å². The van der Waals surface area contributed by atoms with E-state index in [0.717, 1.165) is 83.0 Å². The number of hydrogen-bond acceptors (Lipinski definition) is 7. The number of piperidine rings is 2. The van der Waals surface area contributed by atoms with E-state index in [1.807, 2.05) is 24.5 Å². The van der Waals surface area contributed by atoms with Gasteiger partial charge in [-0.1, -0.05) is 0 Å². The van der Waals surface area contributed by atoms with Gasteiger partial charge in [0.15, 0.2) is 11.3 Å². The molecule has 0 spiro atoms. The predicted molar refractivity (Wildman–Crippen MR) is 162 cm³/mol. The van der Waals surface area contributed by atoms with Gasteiger partial charge in [-0.15, -0.1) is 0 Å². The zero-order valence-corrected chi connectivity index (χ0v) is 24.0. The Balaban J connectivity index is 0.000000132. The van der Waals surface area contributed by atoms with E-state index in [1.165, 1.54) is 23.9 Å². The highest BCUT2D eigenvalue weighted by Gasteiger charge is 2.42. The number of sulfonamides is 1. The molecule has 2 aliphatic heterocycles. The van der Waals surface area contributed by atoms with E-state index >= 15 is 0 Å². The number of aromatic nitrogens is 8. The molecule has 12 nitrogen and oxygen atoms in total. The van der Waals surface area contributed by atoms with Crippen LogP contribution in [-0.2, 0) is 10.0 Å². The molecule has 0 amide bonds. The Kier molecular flexibility index (Phi) is 6.27. The average molecular weight is 587 g/mol. The van der Waals surface area contributed by atoms with Crippen molar-refractivity contribution in [2.45, 2.75) is 55.6 Å². The number of hydrogen-bond donors (Lipinski definition) is 5. The molecular formula is C29H34N10O2S. The van der Waals surface area contributed by atoms with Gasteiger partial charge in [-0.05, 0) is 57.2 Å². The molecule has 2 atom stereocenters. The molecule has 0 radical (unpaired) electrons. The quantitative estimate of drug-likeness (QED) is 0.208. The van der Waals surface area contributed by atoms with Crippen molar-refractivity contribution in [1.29, 1.82) is 0 Å². The van der Waals surface area contributed by atoms with Crippen LogP contribution in [0.2, 0.25) is 0 Å². The molecule has 2 saturated heterocycles. The van der Waals surface area contributed by atoms with E-state index in [-0.39, 0.29) is 11.2 Å². The lowest BCUT2D eigenvalue weighted by Gasteiger charge is -2.31. The molecule has 8 heterocycles. The summed E-state index contributed by atoms with van der Waals surface area (Å²) < 4.78 is 26.9. The van der Waals surface area contributed by atoms with E-state index in [0.29, 0.717) is 19.0 Å². The van der Waals surface area contributed by atoms with E-state index in [9.17, 15) is 8.42 Å². The van der Waals surface area contributed by atoms with E-state index in [2.05, 4.69) is 45.6 Å². The fourth-order valence-electron chi connectivity index (χ4n) is 6.78. The summed E-state index contributed by atoms with van der Waals surface area (Å²) >= 11 is 0. The van der Waals surface area contributed by atoms with Crippen molar-refractivity contribution in [3.05, 3.63) is 48.3 Å². The van der Waals surface area contributed by atoms with Crippen LogP contribution in [0.15, 0.2) is 36.9 Å². The molecule has 0 aromatic carbocycles. The van der Waals surface area contributed by atoms with Crippen LogP contribution >= 0.6 is 0 Å². The third kappa shape index (κ3) is 4.38. The number of pyridine rings is 2. The molecule has 0 bridgehead atoms. The Morgan fingerprint density at radius 1 is 0.738 bits per heavy atom. The largest absolute Gasteiger partial charge is 0.316 e. The molecule has 42 heavy (non-hydrogen) atoms. The molecule has 1 aliphatic carbocycles. The minimum absolute atomic E-state index is 0.140. The Morgan fingerprint density at radius 3 is 1.95 bits per heavy atom. The van der Waals surface area contributed by atoms with Crippen molar-refractivity contribution in [1.82, 2.24) is 50.0 Å². The maximum absolute atomic E-state index is 12.6. The van der Waals surface area contributed by atoms with Crippen molar-refractivity contribution in [2.24, 2.45) is 0 Å². The molecule has 3 aliphatic rings. The van der Waals surface area contributed by atoms with E-state index in [4.69, 9.17) is 0 Å². The van der Waals surface area contributed by atoms with Crippen LogP contribution in [-0.4, -0.2) is 84.5 Å². The second-order valence-electron chi connectivity index (χ2n) is 11.8. The van der Waals surface area contributed by atoms with Gasteiger partial charge in [0.25, 0.3) is 0 Å². The summed E-state index contributed by atoms with van der Waals surface area (Å²) in [7, 11) is -3.11. The molecule has 2 unspecified atom stereocenters. The van der Waals surface area contributed by atoms with E-state index < -0.39 is 10.0 Å². The zero-order valence-electron chi connectivity index (χ0n) is 23.2. The van der Waals surface area contributed by atoms with Crippen molar-refractivity contribution >= 4 is 53.9 Å². The molecular weight excluding hydrogens is 552 g/mol. The minimum atomic E-state index is -3.11. The van der Waals surface area contributed by atoms with Gasteiger partial charge in [0.05, 0.1) is 28.7 Å². The normalized spacial score (nSPS) is 22.2.